The lowest BCUT2D eigenvalue weighted by atomic mass is 10.0. The molecule has 7 nitrogen and oxygen atoms in total. The highest BCUT2D eigenvalue weighted by Gasteiger charge is 2.48. The predicted molar refractivity (Wildman–Crippen MR) is 68.2 cm³/mol. The monoisotopic (exact) mass is 281 g/mol. The highest BCUT2D eigenvalue weighted by Crippen LogP contribution is 2.30. The van der Waals surface area contributed by atoms with E-state index in [2.05, 4.69) is 6.92 Å². The minimum atomic E-state index is -0.591. The second-order valence-electron chi connectivity index (χ2n) is 4.96. The molecule has 7 heteroatoms. The number of carbonyl (C=O) groups excluding carboxylic acids is 2. The fraction of sp³-hybridized carbons (Fsp3) is 0.769. The van der Waals surface area contributed by atoms with E-state index in [0.29, 0.717) is 26.0 Å². The number of carbonyl (C=O) groups is 2. The van der Waals surface area contributed by atoms with Crippen molar-refractivity contribution >= 4 is 12.0 Å². The van der Waals surface area contributed by atoms with Gasteiger partial charge in [-0.05, 0) is 19.3 Å². The van der Waals surface area contributed by atoms with E-state index < -0.39 is 12.0 Å². The van der Waals surface area contributed by atoms with E-state index in [1.807, 2.05) is 0 Å². The van der Waals surface area contributed by atoms with Crippen molar-refractivity contribution in [2.24, 2.45) is 0 Å². The van der Waals surface area contributed by atoms with Gasteiger partial charge in [-0.25, -0.2) is 9.59 Å². The van der Waals surface area contributed by atoms with Crippen LogP contribution in [0.3, 0.4) is 0 Å². The Balaban J connectivity index is 1.95. The molecular weight excluding hydrogens is 262 g/mol. The summed E-state index contributed by atoms with van der Waals surface area (Å²) >= 11 is 0. The molecule has 0 aromatic rings. The molecule has 0 saturated carbocycles. The highest BCUT2D eigenvalue weighted by atomic mass is 16.7. The van der Waals surface area contributed by atoms with E-state index in [1.165, 1.54) is 9.96 Å². The average Bonchev–Trinajstić information content (AvgIpc) is 2.70. The molecule has 2 rings (SSSR count). The zero-order chi connectivity index (χ0) is 14.5. The number of amides is 2. The van der Waals surface area contributed by atoms with Gasteiger partial charge in [-0.2, -0.15) is 10.3 Å². The Labute approximate surface area is 118 Å². The van der Waals surface area contributed by atoms with Crippen molar-refractivity contribution in [2.75, 3.05) is 19.8 Å². The molecule has 2 saturated heterocycles. The van der Waals surface area contributed by atoms with Crippen molar-refractivity contribution in [1.82, 2.24) is 9.96 Å². The number of urea groups is 1. The zero-order valence-electron chi connectivity index (χ0n) is 11.6. The van der Waals surface area contributed by atoms with Crippen LogP contribution >= 0.6 is 0 Å². The molecule has 0 aromatic heterocycles. The standard InChI is InChI=1S/C13H19N3O4/c1-2-3-7-20-16-10-4-5-11(12(17)19-8-6-14)15(9-10)13(16)18/h10-11H,2-5,7-9H2,1H3/t10-,11-/m0/s1. The van der Waals surface area contributed by atoms with Crippen molar-refractivity contribution in [2.45, 2.75) is 44.7 Å². The summed E-state index contributed by atoms with van der Waals surface area (Å²) in [6.07, 6.45) is 3.15. The molecule has 2 aliphatic heterocycles. The number of piperidine rings is 1. The quantitative estimate of drug-likeness (QED) is 0.537. The Morgan fingerprint density at radius 2 is 2.30 bits per heavy atom. The first-order chi connectivity index (χ1) is 9.69. The lowest BCUT2D eigenvalue weighted by Crippen LogP contribution is -2.45. The SMILES string of the molecule is CCCCON1C(=O)N2C[C@@H]1CC[C@H]2C(=O)OCC#N. The van der Waals surface area contributed by atoms with Crippen LogP contribution in [0.5, 0.6) is 0 Å². The number of hydroxylamine groups is 2. The fourth-order valence-electron chi connectivity index (χ4n) is 2.55. The first-order valence-corrected chi connectivity index (χ1v) is 6.95. The van der Waals surface area contributed by atoms with Crippen LogP contribution < -0.4 is 0 Å². The van der Waals surface area contributed by atoms with Crippen molar-refractivity contribution in [3.63, 3.8) is 0 Å². The van der Waals surface area contributed by atoms with Crippen LogP contribution in [0.15, 0.2) is 0 Å². The van der Waals surface area contributed by atoms with E-state index in [4.69, 9.17) is 14.8 Å². The molecule has 0 radical (unpaired) electrons. The summed E-state index contributed by atoms with van der Waals surface area (Å²) in [5, 5.41) is 9.82. The maximum Gasteiger partial charge on any atom is 0.345 e. The molecule has 2 amide bonds. The molecule has 0 N–H and O–H groups in total. The van der Waals surface area contributed by atoms with Crippen LogP contribution in [0.1, 0.15) is 32.6 Å². The van der Waals surface area contributed by atoms with Gasteiger partial charge in [-0.1, -0.05) is 13.3 Å². The summed E-state index contributed by atoms with van der Waals surface area (Å²) in [7, 11) is 0. The average molecular weight is 281 g/mol. The first-order valence-electron chi connectivity index (χ1n) is 6.95. The highest BCUT2D eigenvalue weighted by molar-refractivity contribution is 5.85. The van der Waals surface area contributed by atoms with E-state index in [0.717, 1.165) is 12.8 Å². The number of rotatable bonds is 6. The van der Waals surface area contributed by atoms with Crippen LogP contribution in [0.25, 0.3) is 0 Å². The minimum Gasteiger partial charge on any atom is -0.449 e. The molecule has 110 valence electrons. The maximum absolute atomic E-state index is 12.2. The molecule has 2 bridgehead atoms. The number of esters is 1. The largest absolute Gasteiger partial charge is 0.449 e. The van der Waals surface area contributed by atoms with Gasteiger partial charge in [0.25, 0.3) is 0 Å². The van der Waals surface area contributed by atoms with Gasteiger partial charge in [-0.3, -0.25) is 4.84 Å². The number of unbranched alkanes of at least 4 members (excludes halogenated alkanes) is 1. The van der Waals surface area contributed by atoms with Gasteiger partial charge in [0.15, 0.2) is 6.61 Å². The second-order valence-corrected chi connectivity index (χ2v) is 4.96. The third kappa shape index (κ3) is 2.85. The number of nitriles is 1. The Hall–Kier alpha value is -1.81. The van der Waals surface area contributed by atoms with Crippen LogP contribution in [-0.4, -0.2) is 53.8 Å². The Morgan fingerprint density at radius 3 is 3.00 bits per heavy atom. The Morgan fingerprint density at radius 1 is 1.50 bits per heavy atom. The topological polar surface area (TPSA) is 82.9 Å². The number of ether oxygens (including phenoxy) is 1. The molecule has 2 atom stereocenters. The lowest BCUT2D eigenvalue weighted by molar-refractivity contribution is -0.148. The lowest BCUT2D eigenvalue weighted by Gasteiger charge is -2.28. The molecule has 0 aliphatic carbocycles. The van der Waals surface area contributed by atoms with Gasteiger partial charge in [-0.15, -0.1) is 0 Å². The van der Waals surface area contributed by atoms with E-state index in [-0.39, 0.29) is 18.7 Å². The Kier molecular flexibility index (Phi) is 4.79. The first kappa shape index (κ1) is 14.6. The van der Waals surface area contributed by atoms with Crippen LogP contribution in [0.4, 0.5) is 4.79 Å². The fourth-order valence-corrected chi connectivity index (χ4v) is 2.55. The smallest absolute Gasteiger partial charge is 0.345 e. The normalized spacial score (nSPS) is 24.7. The summed E-state index contributed by atoms with van der Waals surface area (Å²) in [5.74, 6) is -0.506. The molecule has 2 fully saturated rings. The van der Waals surface area contributed by atoms with E-state index in [1.54, 1.807) is 6.07 Å². The molecular formula is C13H19N3O4. The van der Waals surface area contributed by atoms with Crippen molar-refractivity contribution in [3.05, 3.63) is 0 Å². The predicted octanol–water partition coefficient (Wildman–Crippen LogP) is 1.05. The van der Waals surface area contributed by atoms with Crippen LogP contribution in [-0.2, 0) is 14.4 Å². The van der Waals surface area contributed by atoms with Crippen molar-refractivity contribution in [1.29, 1.82) is 5.26 Å². The summed E-state index contributed by atoms with van der Waals surface area (Å²) < 4.78 is 4.81. The molecule has 2 aliphatic rings. The molecule has 20 heavy (non-hydrogen) atoms. The zero-order valence-corrected chi connectivity index (χ0v) is 11.6. The summed E-state index contributed by atoms with van der Waals surface area (Å²) in [4.78, 5) is 31.1. The van der Waals surface area contributed by atoms with Gasteiger partial charge in [0.1, 0.15) is 12.1 Å². The molecule has 0 aromatic carbocycles. The molecule has 0 unspecified atom stereocenters. The van der Waals surface area contributed by atoms with Gasteiger partial charge >= 0.3 is 12.0 Å². The van der Waals surface area contributed by atoms with Crippen molar-refractivity contribution in [3.8, 4) is 6.07 Å². The van der Waals surface area contributed by atoms with E-state index in [9.17, 15) is 9.59 Å². The third-order valence-corrected chi connectivity index (χ3v) is 3.60. The van der Waals surface area contributed by atoms with E-state index >= 15 is 0 Å². The van der Waals surface area contributed by atoms with Gasteiger partial charge in [0.2, 0.25) is 0 Å². The summed E-state index contributed by atoms with van der Waals surface area (Å²) in [5.41, 5.74) is 0. The van der Waals surface area contributed by atoms with Crippen LogP contribution in [0, 0.1) is 11.3 Å². The van der Waals surface area contributed by atoms with Crippen molar-refractivity contribution < 1.29 is 19.2 Å². The maximum atomic E-state index is 12.2. The molecule has 0 spiro atoms. The number of hydrogen-bond acceptors (Lipinski definition) is 5. The second kappa shape index (κ2) is 6.57. The van der Waals surface area contributed by atoms with Gasteiger partial charge in [0.05, 0.1) is 12.6 Å². The van der Waals surface area contributed by atoms with Gasteiger partial charge < -0.3 is 9.64 Å². The Bertz CT molecular complexity index is 420. The number of fused-ring (bicyclic) bond motifs is 2. The number of hydrogen-bond donors (Lipinski definition) is 0. The third-order valence-electron chi connectivity index (χ3n) is 3.60. The van der Waals surface area contributed by atoms with Gasteiger partial charge in [0, 0.05) is 6.54 Å². The summed E-state index contributed by atoms with van der Waals surface area (Å²) in [6, 6.07) is 0.901. The van der Waals surface area contributed by atoms with Crippen LogP contribution in [0.2, 0.25) is 0 Å². The molecule has 2 heterocycles. The number of nitrogens with zero attached hydrogens (tertiary/aromatic N) is 3. The minimum absolute atomic E-state index is 0.0133. The summed E-state index contributed by atoms with van der Waals surface area (Å²) in [6.45, 7) is 2.77.